The Balaban J connectivity index is 2.25. The van der Waals surface area contributed by atoms with Crippen LogP contribution in [0.1, 0.15) is 46.1 Å². The number of hydrogen-bond donors (Lipinski definition) is 1. The van der Waals surface area contributed by atoms with Gasteiger partial charge in [-0.2, -0.15) is 0 Å². The van der Waals surface area contributed by atoms with E-state index < -0.39 is 0 Å². The molecule has 1 N–H and O–H groups in total. The predicted molar refractivity (Wildman–Crippen MR) is 80.5 cm³/mol. The molecule has 0 aliphatic carbocycles. The monoisotopic (exact) mass is 280 g/mol. The van der Waals surface area contributed by atoms with Crippen LogP contribution >= 0.6 is 12.2 Å². The Bertz CT molecular complexity index is 612. The number of imidazole rings is 1. The van der Waals surface area contributed by atoms with E-state index >= 15 is 0 Å². The van der Waals surface area contributed by atoms with E-state index in [0.717, 1.165) is 23.4 Å². The third kappa shape index (κ3) is 3.24. The van der Waals surface area contributed by atoms with Gasteiger partial charge in [-0.25, -0.2) is 4.39 Å². The molecule has 2 rings (SSSR count). The fourth-order valence-corrected chi connectivity index (χ4v) is 2.87. The Hall–Kier alpha value is -1.16. The predicted octanol–water partition coefficient (Wildman–Crippen LogP) is 5.23. The average molecular weight is 280 g/mol. The van der Waals surface area contributed by atoms with Crippen molar-refractivity contribution in [3.05, 3.63) is 28.8 Å². The summed E-state index contributed by atoms with van der Waals surface area (Å²) in [6.07, 6.45) is 3.45. The van der Waals surface area contributed by atoms with Gasteiger partial charge in [0, 0.05) is 6.04 Å². The van der Waals surface area contributed by atoms with Crippen molar-refractivity contribution in [3.63, 3.8) is 0 Å². The maximum Gasteiger partial charge on any atom is 0.178 e. The van der Waals surface area contributed by atoms with E-state index in [9.17, 15) is 4.39 Å². The summed E-state index contributed by atoms with van der Waals surface area (Å²) in [6.45, 7) is 6.61. The number of rotatable bonds is 5. The van der Waals surface area contributed by atoms with E-state index in [-0.39, 0.29) is 5.82 Å². The zero-order valence-corrected chi connectivity index (χ0v) is 12.6. The molecule has 1 unspecified atom stereocenters. The number of nitrogens with zero attached hydrogens (tertiary/aromatic N) is 1. The molecule has 1 aromatic carbocycles. The molecule has 1 atom stereocenters. The molecule has 104 valence electrons. The maximum atomic E-state index is 13.4. The van der Waals surface area contributed by atoms with E-state index in [4.69, 9.17) is 12.2 Å². The Morgan fingerprint density at radius 3 is 2.68 bits per heavy atom. The van der Waals surface area contributed by atoms with Gasteiger partial charge in [0.25, 0.3) is 0 Å². The molecule has 0 fully saturated rings. The van der Waals surface area contributed by atoms with Gasteiger partial charge in [0.2, 0.25) is 0 Å². The third-order valence-electron chi connectivity index (χ3n) is 3.52. The number of hydrogen-bond acceptors (Lipinski definition) is 1. The van der Waals surface area contributed by atoms with Gasteiger partial charge in [0.05, 0.1) is 11.0 Å². The zero-order valence-electron chi connectivity index (χ0n) is 11.7. The molecule has 1 heterocycles. The summed E-state index contributed by atoms with van der Waals surface area (Å²) >= 11 is 5.36. The van der Waals surface area contributed by atoms with Crippen molar-refractivity contribution in [1.29, 1.82) is 0 Å². The van der Waals surface area contributed by atoms with Crippen molar-refractivity contribution < 1.29 is 4.39 Å². The normalized spacial score (nSPS) is 13.3. The molecule has 0 aliphatic rings. The SMILES string of the molecule is CC(C)CCCC(C)n1c(=S)[nH]c2ccc(F)cc21. The first-order chi connectivity index (χ1) is 8.99. The molecule has 4 heteroatoms. The molecule has 0 bridgehead atoms. The van der Waals surface area contributed by atoms with Crippen LogP contribution in [0.25, 0.3) is 11.0 Å². The second-order valence-electron chi connectivity index (χ2n) is 5.64. The molecule has 0 saturated carbocycles. The molecule has 0 spiro atoms. The Morgan fingerprint density at radius 2 is 2.00 bits per heavy atom. The van der Waals surface area contributed by atoms with E-state index in [1.807, 2.05) is 4.57 Å². The third-order valence-corrected chi connectivity index (χ3v) is 3.82. The van der Waals surface area contributed by atoms with Gasteiger partial charge in [-0.1, -0.05) is 26.7 Å². The van der Waals surface area contributed by atoms with Crippen molar-refractivity contribution in [2.45, 2.75) is 46.1 Å². The summed E-state index contributed by atoms with van der Waals surface area (Å²) in [4.78, 5) is 3.15. The lowest BCUT2D eigenvalue weighted by Crippen LogP contribution is -2.05. The first kappa shape index (κ1) is 14.3. The van der Waals surface area contributed by atoms with Crippen LogP contribution in [0.15, 0.2) is 18.2 Å². The first-order valence-electron chi connectivity index (χ1n) is 6.89. The summed E-state index contributed by atoms with van der Waals surface area (Å²) in [5.74, 6) is 0.505. The highest BCUT2D eigenvalue weighted by atomic mass is 32.1. The lowest BCUT2D eigenvalue weighted by molar-refractivity contribution is 0.451. The minimum atomic E-state index is -0.218. The minimum Gasteiger partial charge on any atom is -0.331 e. The smallest absolute Gasteiger partial charge is 0.178 e. The van der Waals surface area contributed by atoms with Crippen molar-refractivity contribution in [2.24, 2.45) is 5.92 Å². The molecule has 19 heavy (non-hydrogen) atoms. The average Bonchev–Trinajstić information content (AvgIpc) is 2.63. The first-order valence-corrected chi connectivity index (χ1v) is 7.29. The summed E-state index contributed by atoms with van der Waals surface area (Å²) < 4.78 is 16.1. The second-order valence-corrected chi connectivity index (χ2v) is 6.02. The van der Waals surface area contributed by atoms with E-state index in [2.05, 4.69) is 25.8 Å². The lowest BCUT2D eigenvalue weighted by Gasteiger charge is -2.15. The van der Waals surface area contributed by atoms with Crippen molar-refractivity contribution in [3.8, 4) is 0 Å². The van der Waals surface area contributed by atoms with Gasteiger partial charge in [-0.15, -0.1) is 0 Å². The van der Waals surface area contributed by atoms with Gasteiger partial charge >= 0.3 is 0 Å². The summed E-state index contributed by atoms with van der Waals surface area (Å²) in [7, 11) is 0. The fraction of sp³-hybridized carbons (Fsp3) is 0.533. The fourth-order valence-electron chi connectivity index (χ4n) is 2.48. The highest BCUT2D eigenvalue weighted by Crippen LogP contribution is 2.24. The van der Waals surface area contributed by atoms with Gasteiger partial charge in [0.1, 0.15) is 5.82 Å². The van der Waals surface area contributed by atoms with Crippen LogP contribution in [0.2, 0.25) is 0 Å². The molecule has 1 aromatic heterocycles. The van der Waals surface area contributed by atoms with Crippen LogP contribution in [0.4, 0.5) is 4.39 Å². The molecule has 2 nitrogen and oxygen atoms in total. The van der Waals surface area contributed by atoms with Gasteiger partial charge in [0.15, 0.2) is 4.77 Å². The van der Waals surface area contributed by atoms with E-state index in [1.165, 1.54) is 18.9 Å². The van der Waals surface area contributed by atoms with Crippen LogP contribution in [0.5, 0.6) is 0 Å². The minimum absolute atomic E-state index is 0.218. The lowest BCUT2D eigenvalue weighted by atomic mass is 10.0. The number of nitrogens with one attached hydrogen (secondary N) is 1. The molecule has 2 aromatic rings. The topological polar surface area (TPSA) is 20.7 Å². The van der Waals surface area contributed by atoms with Gasteiger partial charge in [-0.05, 0) is 49.7 Å². The number of aromatic nitrogens is 2. The molecule has 0 aliphatic heterocycles. The van der Waals surface area contributed by atoms with E-state index in [1.54, 1.807) is 12.1 Å². The van der Waals surface area contributed by atoms with E-state index in [0.29, 0.717) is 10.8 Å². The largest absolute Gasteiger partial charge is 0.331 e. The van der Waals surface area contributed by atoms with Gasteiger partial charge in [-0.3, -0.25) is 0 Å². The number of H-pyrrole nitrogens is 1. The van der Waals surface area contributed by atoms with Crippen molar-refractivity contribution >= 4 is 23.3 Å². The van der Waals surface area contributed by atoms with Gasteiger partial charge < -0.3 is 9.55 Å². The Morgan fingerprint density at radius 1 is 1.26 bits per heavy atom. The number of benzene rings is 1. The standard InChI is InChI=1S/C15H21FN2S/c1-10(2)5-4-6-11(3)18-14-9-12(16)7-8-13(14)17-15(18)19/h7-11H,4-6H2,1-3H3,(H,17,19). The number of fused-ring (bicyclic) bond motifs is 1. The Kier molecular flexibility index (Phi) is 4.40. The number of aromatic amines is 1. The summed E-state index contributed by atoms with van der Waals surface area (Å²) in [6, 6.07) is 5.06. The summed E-state index contributed by atoms with van der Waals surface area (Å²) in [5.41, 5.74) is 1.77. The maximum absolute atomic E-state index is 13.4. The quantitative estimate of drug-likeness (QED) is 0.744. The highest BCUT2D eigenvalue weighted by Gasteiger charge is 2.12. The Labute approximate surface area is 118 Å². The van der Waals surface area contributed by atoms with Crippen LogP contribution in [-0.2, 0) is 0 Å². The van der Waals surface area contributed by atoms with Crippen molar-refractivity contribution in [2.75, 3.05) is 0 Å². The second kappa shape index (κ2) is 5.87. The highest BCUT2D eigenvalue weighted by molar-refractivity contribution is 7.71. The zero-order chi connectivity index (χ0) is 14.0. The molecule has 0 radical (unpaired) electrons. The summed E-state index contributed by atoms with van der Waals surface area (Å²) in [5, 5.41) is 0. The molecule has 0 amide bonds. The van der Waals surface area contributed by atoms with Crippen LogP contribution in [-0.4, -0.2) is 9.55 Å². The van der Waals surface area contributed by atoms with Crippen molar-refractivity contribution in [1.82, 2.24) is 9.55 Å². The molecular weight excluding hydrogens is 259 g/mol. The number of halogens is 1. The van der Waals surface area contributed by atoms with Crippen LogP contribution in [0, 0.1) is 16.5 Å². The molecule has 0 saturated heterocycles. The van der Waals surface area contributed by atoms with Crippen LogP contribution < -0.4 is 0 Å². The molecular formula is C15H21FN2S. The van der Waals surface area contributed by atoms with Crippen LogP contribution in [0.3, 0.4) is 0 Å².